The van der Waals surface area contributed by atoms with Crippen LogP contribution in [0.5, 0.6) is 5.75 Å². The number of H-pyrrole nitrogens is 1. The Bertz CT molecular complexity index is 1160. The summed E-state index contributed by atoms with van der Waals surface area (Å²) in [6.45, 7) is 0.921. The summed E-state index contributed by atoms with van der Waals surface area (Å²) in [5, 5.41) is 0. The standard InChI is InChI=1S/C21H26N4O5S/c1-30-18-8-4-3-6-14(18)12-19(26)25-10-5-7-17(25)20-22-16-13-24(31(2,28)29)11-9-15(16)21(27)23-20/h3-4,6,8,17H,5,7,9-13H2,1-2H3,(H,22,23,27)/t17-/m0/s1. The molecule has 0 unspecified atom stereocenters. The Balaban J connectivity index is 1.60. The lowest BCUT2D eigenvalue weighted by Crippen LogP contribution is -2.40. The van der Waals surface area contributed by atoms with Crippen LogP contribution >= 0.6 is 0 Å². The molecule has 2 aliphatic rings. The molecule has 1 saturated heterocycles. The fourth-order valence-corrected chi connectivity index (χ4v) is 5.12. The van der Waals surface area contributed by atoms with Crippen LogP contribution in [0, 0.1) is 0 Å². The predicted molar refractivity (Wildman–Crippen MR) is 114 cm³/mol. The van der Waals surface area contributed by atoms with Crippen LogP contribution in [-0.4, -0.2) is 60.0 Å². The van der Waals surface area contributed by atoms with Gasteiger partial charge in [-0.3, -0.25) is 9.59 Å². The maximum absolute atomic E-state index is 13.1. The zero-order valence-electron chi connectivity index (χ0n) is 17.6. The van der Waals surface area contributed by atoms with Crippen molar-refractivity contribution in [2.75, 3.05) is 26.5 Å². The van der Waals surface area contributed by atoms with Crippen molar-refractivity contribution >= 4 is 15.9 Å². The van der Waals surface area contributed by atoms with E-state index in [-0.39, 0.29) is 37.0 Å². The van der Waals surface area contributed by atoms with E-state index in [0.717, 1.165) is 18.2 Å². The van der Waals surface area contributed by atoms with Gasteiger partial charge in [0.25, 0.3) is 5.56 Å². The predicted octanol–water partition coefficient (Wildman–Crippen LogP) is 1.00. The molecule has 1 N–H and O–H groups in total. The number of carbonyl (C=O) groups is 1. The first-order valence-electron chi connectivity index (χ1n) is 10.3. The molecule has 0 bridgehead atoms. The van der Waals surface area contributed by atoms with Crippen molar-refractivity contribution in [3.8, 4) is 5.75 Å². The summed E-state index contributed by atoms with van der Waals surface area (Å²) >= 11 is 0. The van der Waals surface area contributed by atoms with E-state index >= 15 is 0 Å². The topological polar surface area (TPSA) is 113 Å². The average Bonchev–Trinajstić information content (AvgIpc) is 3.23. The molecule has 9 nitrogen and oxygen atoms in total. The monoisotopic (exact) mass is 446 g/mol. The Morgan fingerprint density at radius 1 is 1.29 bits per heavy atom. The third-order valence-corrected chi connectivity index (χ3v) is 7.20. The second-order valence-electron chi connectivity index (χ2n) is 7.96. The van der Waals surface area contributed by atoms with Gasteiger partial charge < -0.3 is 14.6 Å². The van der Waals surface area contributed by atoms with Crippen LogP contribution in [0.15, 0.2) is 29.1 Å². The number of methoxy groups -OCH3 is 1. The van der Waals surface area contributed by atoms with Gasteiger partial charge in [-0.05, 0) is 25.3 Å². The van der Waals surface area contributed by atoms with Crippen molar-refractivity contribution in [1.82, 2.24) is 19.2 Å². The molecule has 2 aromatic rings. The first-order chi connectivity index (χ1) is 14.8. The molecular formula is C21H26N4O5S. The minimum Gasteiger partial charge on any atom is -0.496 e. The van der Waals surface area contributed by atoms with E-state index in [2.05, 4.69) is 9.97 Å². The molecule has 1 aromatic heterocycles. The third-order valence-electron chi connectivity index (χ3n) is 5.95. The van der Waals surface area contributed by atoms with E-state index in [1.807, 2.05) is 24.3 Å². The molecule has 4 rings (SSSR count). The van der Waals surface area contributed by atoms with Crippen molar-refractivity contribution < 1.29 is 17.9 Å². The Morgan fingerprint density at radius 2 is 2.06 bits per heavy atom. The lowest BCUT2D eigenvalue weighted by atomic mass is 10.1. The highest BCUT2D eigenvalue weighted by atomic mass is 32.2. The second-order valence-corrected chi connectivity index (χ2v) is 9.94. The van der Waals surface area contributed by atoms with Gasteiger partial charge in [0.15, 0.2) is 0 Å². The second kappa shape index (κ2) is 8.43. The Hall–Kier alpha value is -2.72. The normalized spacial score (nSPS) is 19.3. The van der Waals surface area contributed by atoms with Crippen molar-refractivity contribution in [1.29, 1.82) is 0 Å². The van der Waals surface area contributed by atoms with Crippen molar-refractivity contribution in [3.05, 3.63) is 57.3 Å². The fourth-order valence-electron chi connectivity index (χ4n) is 4.34. The number of sulfonamides is 1. The van der Waals surface area contributed by atoms with E-state index in [1.165, 1.54) is 4.31 Å². The summed E-state index contributed by atoms with van der Waals surface area (Å²) in [7, 11) is -1.80. The number of hydrogen-bond donors (Lipinski definition) is 1. The van der Waals surface area contributed by atoms with Crippen LogP contribution in [-0.2, 0) is 34.2 Å². The van der Waals surface area contributed by atoms with Crippen LogP contribution in [0.1, 0.15) is 41.5 Å². The van der Waals surface area contributed by atoms with Gasteiger partial charge in [0.1, 0.15) is 11.6 Å². The van der Waals surface area contributed by atoms with Crippen molar-refractivity contribution in [2.24, 2.45) is 0 Å². The van der Waals surface area contributed by atoms with Gasteiger partial charge in [-0.2, -0.15) is 4.31 Å². The summed E-state index contributed by atoms with van der Waals surface area (Å²) in [5.74, 6) is 1.02. The molecule has 1 aromatic carbocycles. The maximum atomic E-state index is 13.1. The van der Waals surface area contributed by atoms with E-state index in [0.29, 0.717) is 42.2 Å². The molecule has 0 spiro atoms. The number of fused-ring (bicyclic) bond motifs is 1. The highest BCUT2D eigenvalue weighted by Crippen LogP contribution is 2.31. The van der Waals surface area contributed by atoms with Gasteiger partial charge in [0.05, 0.1) is 38.1 Å². The van der Waals surface area contributed by atoms with Gasteiger partial charge in [-0.15, -0.1) is 0 Å². The Morgan fingerprint density at radius 3 is 2.81 bits per heavy atom. The number of hydrogen-bond acceptors (Lipinski definition) is 6. The third kappa shape index (κ3) is 4.35. The summed E-state index contributed by atoms with van der Waals surface area (Å²) in [6, 6.07) is 7.06. The van der Waals surface area contributed by atoms with Gasteiger partial charge in [0, 0.05) is 24.2 Å². The Kier molecular flexibility index (Phi) is 5.85. The molecule has 0 saturated carbocycles. The first kappa shape index (κ1) is 21.5. The van der Waals surface area contributed by atoms with Crippen LogP contribution in [0.2, 0.25) is 0 Å². The zero-order valence-corrected chi connectivity index (χ0v) is 18.4. The summed E-state index contributed by atoms with van der Waals surface area (Å²) < 4.78 is 30.6. The van der Waals surface area contributed by atoms with Gasteiger partial charge in [0.2, 0.25) is 15.9 Å². The number of aromatic nitrogens is 2. The lowest BCUT2D eigenvalue weighted by molar-refractivity contribution is -0.131. The summed E-state index contributed by atoms with van der Waals surface area (Å²) in [6.07, 6.45) is 3.17. The van der Waals surface area contributed by atoms with Gasteiger partial charge in [-0.25, -0.2) is 13.4 Å². The van der Waals surface area contributed by atoms with Crippen molar-refractivity contribution in [2.45, 2.75) is 38.3 Å². The largest absolute Gasteiger partial charge is 0.496 e. The average molecular weight is 447 g/mol. The SMILES string of the molecule is COc1ccccc1CC(=O)N1CCC[C@H]1c1nc2c(c(=O)[nH]1)CCN(S(C)(=O)=O)C2. The van der Waals surface area contributed by atoms with Crippen LogP contribution < -0.4 is 10.3 Å². The lowest BCUT2D eigenvalue weighted by Gasteiger charge is -2.28. The molecule has 2 aliphatic heterocycles. The van der Waals surface area contributed by atoms with Gasteiger partial charge in [-0.1, -0.05) is 18.2 Å². The Labute approximate surface area is 181 Å². The number of nitrogens with one attached hydrogen (secondary N) is 1. The van der Waals surface area contributed by atoms with Crippen molar-refractivity contribution in [3.63, 3.8) is 0 Å². The molecule has 1 atom stereocenters. The number of ether oxygens (including phenoxy) is 1. The minimum atomic E-state index is -3.37. The molecule has 0 aliphatic carbocycles. The molecule has 1 fully saturated rings. The molecule has 1 amide bonds. The highest BCUT2D eigenvalue weighted by molar-refractivity contribution is 7.88. The van der Waals surface area contributed by atoms with Crippen LogP contribution in [0.4, 0.5) is 0 Å². The van der Waals surface area contributed by atoms with E-state index in [1.54, 1.807) is 12.0 Å². The number of nitrogens with zero attached hydrogens (tertiary/aromatic N) is 3. The molecule has 0 radical (unpaired) electrons. The molecule has 10 heteroatoms. The number of aromatic amines is 1. The van der Waals surface area contributed by atoms with Crippen LogP contribution in [0.25, 0.3) is 0 Å². The van der Waals surface area contributed by atoms with Crippen LogP contribution in [0.3, 0.4) is 0 Å². The maximum Gasteiger partial charge on any atom is 0.254 e. The highest BCUT2D eigenvalue weighted by Gasteiger charge is 2.34. The van der Waals surface area contributed by atoms with E-state index in [9.17, 15) is 18.0 Å². The molecular weight excluding hydrogens is 420 g/mol. The molecule has 31 heavy (non-hydrogen) atoms. The number of likely N-dealkylation sites (tertiary alicyclic amines) is 1. The number of rotatable bonds is 5. The zero-order chi connectivity index (χ0) is 22.2. The van der Waals surface area contributed by atoms with E-state index in [4.69, 9.17) is 4.74 Å². The number of amides is 1. The number of para-hydroxylation sites is 1. The van der Waals surface area contributed by atoms with E-state index < -0.39 is 10.0 Å². The summed E-state index contributed by atoms with van der Waals surface area (Å²) in [4.78, 5) is 35.0. The fraction of sp³-hybridized carbons (Fsp3) is 0.476. The number of carbonyl (C=O) groups excluding carboxylic acids is 1. The van der Waals surface area contributed by atoms with Gasteiger partial charge >= 0.3 is 0 Å². The molecule has 166 valence electrons. The molecule has 3 heterocycles. The number of benzene rings is 1. The quantitative estimate of drug-likeness (QED) is 0.733. The smallest absolute Gasteiger partial charge is 0.254 e. The minimum absolute atomic E-state index is 0.0647. The first-order valence-corrected chi connectivity index (χ1v) is 12.1. The summed E-state index contributed by atoms with van der Waals surface area (Å²) in [5.41, 5.74) is 1.54.